The van der Waals surface area contributed by atoms with Crippen molar-refractivity contribution in [2.75, 3.05) is 13.2 Å². The van der Waals surface area contributed by atoms with Gasteiger partial charge < -0.3 is 10.0 Å². The fourth-order valence-electron chi connectivity index (χ4n) is 3.23. The number of halogens is 1. The second-order valence-corrected chi connectivity index (χ2v) is 6.51. The number of likely N-dealkylation sites (tertiary alicyclic amines) is 1. The van der Waals surface area contributed by atoms with Crippen LogP contribution in [0.2, 0.25) is 5.02 Å². The van der Waals surface area contributed by atoms with Gasteiger partial charge in [0.25, 0.3) is 5.91 Å². The van der Waals surface area contributed by atoms with Gasteiger partial charge in [0.1, 0.15) is 0 Å². The molecule has 1 amide bonds. The molecule has 1 unspecified atom stereocenters. The Morgan fingerprint density at radius 1 is 1.42 bits per heavy atom. The molecule has 1 aromatic carbocycles. The highest BCUT2D eigenvalue weighted by atomic mass is 35.5. The van der Waals surface area contributed by atoms with Crippen LogP contribution in [0.1, 0.15) is 41.9 Å². The van der Waals surface area contributed by atoms with Crippen molar-refractivity contribution < 1.29 is 9.90 Å². The first kappa shape index (κ1) is 16.9. The number of hydrogen-bond donors (Lipinski definition) is 1. The van der Waals surface area contributed by atoms with E-state index in [2.05, 4.69) is 10.3 Å². The molecule has 1 atom stereocenters. The molecular formula is C17H21ClN4O2. The molecule has 0 aliphatic carbocycles. The first-order valence-electron chi connectivity index (χ1n) is 8.22. The highest BCUT2D eigenvalue weighted by Gasteiger charge is 2.30. The normalized spacial score (nSPS) is 18.0. The molecular weight excluding hydrogens is 328 g/mol. The second kappa shape index (κ2) is 7.32. The lowest BCUT2D eigenvalue weighted by Crippen LogP contribution is -2.44. The Labute approximate surface area is 146 Å². The van der Waals surface area contributed by atoms with Crippen LogP contribution in [0.15, 0.2) is 24.3 Å². The number of aliphatic hydroxyl groups is 1. The molecule has 3 rings (SSSR count). The van der Waals surface area contributed by atoms with Gasteiger partial charge in [-0.15, -0.1) is 5.10 Å². The first-order valence-corrected chi connectivity index (χ1v) is 8.59. The molecule has 0 radical (unpaired) electrons. The van der Waals surface area contributed by atoms with Gasteiger partial charge >= 0.3 is 0 Å². The van der Waals surface area contributed by atoms with E-state index in [1.807, 2.05) is 24.0 Å². The predicted octanol–water partition coefficient (Wildman–Crippen LogP) is 2.61. The topological polar surface area (TPSA) is 71.2 Å². The summed E-state index contributed by atoms with van der Waals surface area (Å²) in [6.07, 6.45) is 3.60. The molecule has 6 nitrogen and oxygen atoms in total. The van der Waals surface area contributed by atoms with Crippen LogP contribution >= 0.6 is 11.6 Å². The number of aliphatic hydroxyl groups excluding tert-OH is 1. The van der Waals surface area contributed by atoms with Crippen LogP contribution in [-0.2, 0) is 0 Å². The predicted molar refractivity (Wildman–Crippen MR) is 91.5 cm³/mol. The summed E-state index contributed by atoms with van der Waals surface area (Å²) in [7, 11) is 0. The Balaban J connectivity index is 1.88. The summed E-state index contributed by atoms with van der Waals surface area (Å²) in [5, 5.41) is 18.1. The monoisotopic (exact) mass is 348 g/mol. The number of nitrogens with zero attached hydrogens (tertiary/aromatic N) is 4. The number of benzene rings is 1. The zero-order valence-corrected chi connectivity index (χ0v) is 14.4. The molecule has 1 aliphatic rings. The number of carbonyl (C=O) groups excluding carboxylic acids is 1. The van der Waals surface area contributed by atoms with Crippen molar-refractivity contribution in [2.24, 2.45) is 0 Å². The van der Waals surface area contributed by atoms with Gasteiger partial charge in [0, 0.05) is 24.2 Å². The minimum Gasteiger partial charge on any atom is -0.396 e. The van der Waals surface area contributed by atoms with Crippen molar-refractivity contribution >= 4 is 17.5 Å². The maximum absolute atomic E-state index is 12.9. The largest absolute Gasteiger partial charge is 0.396 e. The van der Waals surface area contributed by atoms with Crippen LogP contribution < -0.4 is 0 Å². The number of aromatic nitrogens is 3. The molecule has 128 valence electrons. The summed E-state index contributed by atoms with van der Waals surface area (Å²) in [5.41, 5.74) is 1.83. The quantitative estimate of drug-likeness (QED) is 0.922. The highest BCUT2D eigenvalue weighted by Crippen LogP contribution is 2.23. The molecule has 1 aromatic heterocycles. The van der Waals surface area contributed by atoms with Crippen molar-refractivity contribution in [1.82, 2.24) is 19.9 Å². The molecule has 24 heavy (non-hydrogen) atoms. The third-order valence-electron chi connectivity index (χ3n) is 4.50. The molecule has 0 saturated carbocycles. The SMILES string of the molecule is Cc1c(C(=O)N2CCCCC2CCO)nnn1-c1cccc(Cl)c1. The van der Waals surface area contributed by atoms with Crippen LogP contribution in [0.3, 0.4) is 0 Å². The van der Waals surface area contributed by atoms with E-state index in [9.17, 15) is 9.90 Å². The van der Waals surface area contributed by atoms with Crippen molar-refractivity contribution in [3.8, 4) is 5.69 Å². The summed E-state index contributed by atoms with van der Waals surface area (Å²) in [6, 6.07) is 7.36. The smallest absolute Gasteiger partial charge is 0.276 e. The van der Waals surface area contributed by atoms with E-state index in [1.165, 1.54) is 0 Å². The average Bonchev–Trinajstić information content (AvgIpc) is 2.96. The lowest BCUT2D eigenvalue weighted by molar-refractivity contribution is 0.0568. The lowest BCUT2D eigenvalue weighted by atomic mass is 9.99. The van der Waals surface area contributed by atoms with Crippen molar-refractivity contribution in [1.29, 1.82) is 0 Å². The van der Waals surface area contributed by atoms with Crippen LogP contribution in [0.25, 0.3) is 5.69 Å². The Morgan fingerprint density at radius 3 is 3.00 bits per heavy atom. The van der Waals surface area contributed by atoms with Gasteiger partial charge in [-0.05, 0) is 50.8 Å². The third-order valence-corrected chi connectivity index (χ3v) is 4.74. The highest BCUT2D eigenvalue weighted by molar-refractivity contribution is 6.30. The van der Waals surface area contributed by atoms with Gasteiger partial charge in [0.05, 0.1) is 11.4 Å². The number of carbonyl (C=O) groups is 1. The maximum atomic E-state index is 12.9. The van der Waals surface area contributed by atoms with Crippen LogP contribution in [0.4, 0.5) is 0 Å². The van der Waals surface area contributed by atoms with Gasteiger partial charge in [-0.3, -0.25) is 4.79 Å². The average molecular weight is 349 g/mol. The number of piperidine rings is 1. The van der Waals surface area contributed by atoms with Gasteiger partial charge in [0.15, 0.2) is 5.69 Å². The van der Waals surface area contributed by atoms with E-state index in [0.29, 0.717) is 29.4 Å². The Bertz CT molecular complexity index is 729. The van der Waals surface area contributed by atoms with Gasteiger partial charge in [-0.2, -0.15) is 0 Å². The summed E-state index contributed by atoms with van der Waals surface area (Å²) in [4.78, 5) is 14.8. The molecule has 2 aromatic rings. The molecule has 0 spiro atoms. The van der Waals surface area contributed by atoms with Gasteiger partial charge in [-0.1, -0.05) is 22.9 Å². The molecule has 1 N–H and O–H groups in total. The van der Waals surface area contributed by atoms with E-state index in [-0.39, 0.29) is 18.6 Å². The van der Waals surface area contributed by atoms with E-state index >= 15 is 0 Å². The zero-order chi connectivity index (χ0) is 17.1. The van der Waals surface area contributed by atoms with Gasteiger partial charge in [0.2, 0.25) is 0 Å². The molecule has 7 heteroatoms. The first-order chi connectivity index (χ1) is 11.6. The standard InChI is InChI=1S/C17H21ClN4O2/c1-12-16(17(24)21-9-3-2-6-14(21)8-10-23)19-20-22(12)15-7-4-5-13(18)11-15/h4-5,7,11,14,23H,2-3,6,8-10H2,1H3. The van der Waals surface area contributed by atoms with Crippen LogP contribution in [0, 0.1) is 6.92 Å². The molecule has 1 saturated heterocycles. The summed E-state index contributed by atoms with van der Waals surface area (Å²) < 4.78 is 1.63. The fraction of sp³-hybridized carbons (Fsp3) is 0.471. The van der Waals surface area contributed by atoms with Crippen molar-refractivity contribution in [3.05, 3.63) is 40.7 Å². The second-order valence-electron chi connectivity index (χ2n) is 6.08. The summed E-state index contributed by atoms with van der Waals surface area (Å²) >= 11 is 6.03. The van der Waals surface area contributed by atoms with E-state index < -0.39 is 0 Å². The van der Waals surface area contributed by atoms with Crippen molar-refractivity contribution in [2.45, 2.75) is 38.6 Å². The Hall–Kier alpha value is -1.92. The Morgan fingerprint density at radius 2 is 2.25 bits per heavy atom. The molecule has 1 fully saturated rings. The van der Waals surface area contributed by atoms with E-state index in [4.69, 9.17) is 11.6 Å². The summed E-state index contributed by atoms with van der Waals surface area (Å²) in [5.74, 6) is -0.112. The van der Waals surface area contributed by atoms with Crippen molar-refractivity contribution in [3.63, 3.8) is 0 Å². The summed E-state index contributed by atoms with van der Waals surface area (Å²) in [6.45, 7) is 2.62. The van der Waals surface area contributed by atoms with E-state index in [1.54, 1.807) is 16.8 Å². The third kappa shape index (κ3) is 3.30. The molecule has 2 heterocycles. The minimum atomic E-state index is -0.112. The maximum Gasteiger partial charge on any atom is 0.276 e. The zero-order valence-electron chi connectivity index (χ0n) is 13.7. The molecule has 1 aliphatic heterocycles. The molecule has 0 bridgehead atoms. The minimum absolute atomic E-state index is 0.0759. The number of rotatable bonds is 4. The fourth-order valence-corrected chi connectivity index (χ4v) is 3.42. The Kier molecular flexibility index (Phi) is 5.16. The number of hydrogen-bond acceptors (Lipinski definition) is 4. The van der Waals surface area contributed by atoms with Crippen LogP contribution in [-0.4, -0.2) is 50.1 Å². The van der Waals surface area contributed by atoms with Crippen LogP contribution in [0.5, 0.6) is 0 Å². The lowest BCUT2D eigenvalue weighted by Gasteiger charge is -2.35. The van der Waals surface area contributed by atoms with Gasteiger partial charge in [-0.25, -0.2) is 4.68 Å². The van der Waals surface area contributed by atoms with E-state index in [0.717, 1.165) is 24.9 Å². The number of amides is 1.